The topological polar surface area (TPSA) is 12.0 Å². The second-order valence-corrected chi connectivity index (χ2v) is 4.98. The molecule has 2 aromatic carbocycles. The van der Waals surface area contributed by atoms with Crippen LogP contribution in [0.1, 0.15) is 12.0 Å². The van der Waals surface area contributed by atoms with Crippen molar-refractivity contribution in [3.05, 3.63) is 64.1 Å². The highest BCUT2D eigenvalue weighted by Crippen LogP contribution is 2.25. The molecule has 0 aromatic heterocycles. The minimum absolute atomic E-state index is 0.699. The summed E-state index contributed by atoms with van der Waals surface area (Å²) in [5.41, 5.74) is 2.26. The Kier molecular flexibility index (Phi) is 4.91. The van der Waals surface area contributed by atoms with Crippen molar-refractivity contribution in [2.24, 2.45) is 0 Å². The number of anilines is 1. The van der Waals surface area contributed by atoms with E-state index in [1.165, 1.54) is 5.56 Å². The van der Waals surface area contributed by atoms with Crippen molar-refractivity contribution in [2.75, 3.05) is 11.9 Å². The fourth-order valence-corrected chi connectivity index (χ4v) is 2.15. The molecule has 94 valence electrons. The molecule has 18 heavy (non-hydrogen) atoms. The summed E-state index contributed by atoms with van der Waals surface area (Å²) >= 11 is 12.0. The molecule has 0 saturated heterocycles. The smallest absolute Gasteiger partial charge is 0.0638 e. The number of hydrogen-bond donors (Lipinski definition) is 1. The minimum Gasteiger partial charge on any atom is -0.384 e. The molecule has 2 aromatic rings. The van der Waals surface area contributed by atoms with Crippen molar-refractivity contribution in [3.8, 4) is 0 Å². The first-order valence-electron chi connectivity index (χ1n) is 5.98. The molecule has 0 bridgehead atoms. The van der Waals surface area contributed by atoms with E-state index in [0.717, 1.165) is 25.1 Å². The Morgan fingerprint density at radius 2 is 1.72 bits per heavy atom. The number of rotatable bonds is 5. The summed E-state index contributed by atoms with van der Waals surface area (Å²) in [6.07, 6.45) is 2.12. The molecule has 1 N–H and O–H groups in total. The Bertz CT molecular complexity index is 497. The van der Waals surface area contributed by atoms with Crippen LogP contribution in [0.5, 0.6) is 0 Å². The van der Waals surface area contributed by atoms with Crippen LogP contribution in [0.2, 0.25) is 10.0 Å². The van der Waals surface area contributed by atoms with Gasteiger partial charge in [0, 0.05) is 11.6 Å². The van der Waals surface area contributed by atoms with Crippen LogP contribution in [-0.4, -0.2) is 6.54 Å². The summed E-state index contributed by atoms with van der Waals surface area (Å²) < 4.78 is 0. The average Bonchev–Trinajstić information content (AvgIpc) is 2.40. The molecule has 0 heterocycles. The molecule has 0 atom stereocenters. The second kappa shape index (κ2) is 6.67. The van der Waals surface area contributed by atoms with Gasteiger partial charge in [-0.05, 0) is 36.6 Å². The number of nitrogens with one attached hydrogen (secondary N) is 1. The van der Waals surface area contributed by atoms with Gasteiger partial charge in [-0.2, -0.15) is 0 Å². The molecular formula is C15H15Cl2N. The van der Waals surface area contributed by atoms with E-state index in [1.807, 2.05) is 18.2 Å². The summed E-state index contributed by atoms with van der Waals surface area (Å²) in [6.45, 7) is 0.884. The lowest BCUT2D eigenvalue weighted by atomic mass is 10.1. The average molecular weight is 280 g/mol. The zero-order valence-corrected chi connectivity index (χ0v) is 11.5. The zero-order chi connectivity index (χ0) is 12.8. The van der Waals surface area contributed by atoms with Gasteiger partial charge in [0.15, 0.2) is 0 Å². The highest BCUT2D eigenvalue weighted by atomic mass is 35.5. The largest absolute Gasteiger partial charge is 0.384 e. The number of hydrogen-bond acceptors (Lipinski definition) is 1. The molecular weight excluding hydrogens is 265 g/mol. The van der Waals surface area contributed by atoms with Gasteiger partial charge in [0.05, 0.1) is 10.7 Å². The van der Waals surface area contributed by atoms with Crippen LogP contribution in [0.15, 0.2) is 48.5 Å². The van der Waals surface area contributed by atoms with Crippen LogP contribution in [0, 0.1) is 0 Å². The van der Waals surface area contributed by atoms with Gasteiger partial charge in [-0.15, -0.1) is 0 Å². The zero-order valence-electron chi connectivity index (χ0n) is 10.00. The van der Waals surface area contributed by atoms with Crippen molar-refractivity contribution in [1.29, 1.82) is 0 Å². The van der Waals surface area contributed by atoms with Crippen molar-refractivity contribution in [1.82, 2.24) is 0 Å². The second-order valence-electron chi connectivity index (χ2n) is 4.14. The van der Waals surface area contributed by atoms with Crippen LogP contribution in [0.4, 0.5) is 5.69 Å². The van der Waals surface area contributed by atoms with Crippen LogP contribution in [0.3, 0.4) is 0 Å². The van der Waals surface area contributed by atoms with Crippen molar-refractivity contribution in [3.63, 3.8) is 0 Å². The highest BCUT2D eigenvalue weighted by molar-refractivity contribution is 6.35. The van der Waals surface area contributed by atoms with E-state index >= 15 is 0 Å². The van der Waals surface area contributed by atoms with Gasteiger partial charge in [0.2, 0.25) is 0 Å². The molecule has 2 rings (SSSR count). The fourth-order valence-electron chi connectivity index (χ4n) is 1.79. The van der Waals surface area contributed by atoms with Gasteiger partial charge in [0.25, 0.3) is 0 Å². The lowest BCUT2D eigenvalue weighted by molar-refractivity contribution is 0.863. The maximum Gasteiger partial charge on any atom is 0.0638 e. The first kappa shape index (κ1) is 13.3. The molecule has 0 spiro atoms. The summed E-state index contributed by atoms with van der Waals surface area (Å²) in [7, 11) is 0. The maximum absolute atomic E-state index is 6.07. The van der Waals surface area contributed by atoms with Gasteiger partial charge >= 0.3 is 0 Å². The first-order valence-corrected chi connectivity index (χ1v) is 6.74. The van der Waals surface area contributed by atoms with Gasteiger partial charge in [-0.3, -0.25) is 0 Å². The highest BCUT2D eigenvalue weighted by Gasteiger charge is 2.00. The molecule has 0 aliphatic heterocycles. The van der Waals surface area contributed by atoms with Gasteiger partial charge < -0.3 is 5.32 Å². The minimum atomic E-state index is 0.699. The third kappa shape index (κ3) is 3.94. The molecule has 0 aliphatic carbocycles. The van der Waals surface area contributed by atoms with E-state index in [-0.39, 0.29) is 0 Å². The maximum atomic E-state index is 6.07. The Labute approximate surface area is 118 Å². The lowest BCUT2D eigenvalue weighted by Crippen LogP contribution is -2.03. The Hall–Kier alpha value is -1.18. The third-order valence-corrected chi connectivity index (χ3v) is 3.29. The molecule has 0 saturated carbocycles. The van der Waals surface area contributed by atoms with E-state index in [2.05, 4.69) is 29.6 Å². The Morgan fingerprint density at radius 3 is 2.50 bits per heavy atom. The van der Waals surface area contributed by atoms with Crippen molar-refractivity contribution >= 4 is 28.9 Å². The standard InChI is InChI=1S/C15H15Cl2N/c16-13-8-9-14(17)15(11-13)18-10-4-7-12-5-2-1-3-6-12/h1-3,5-6,8-9,11,18H,4,7,10H2. The Balaban J connectivity index is 1.80. The molecule has 0 fully saturated rings. The van der Waals surface area contributed by atoms with Crippen LogP contribution >= 0.6 is 23.2 Å². The van der Waals surface area contributed by atoms with E-state index < -0.39 is 0 Å². The number of halogens is 2. The molecule has 0 unspecified atom stereocenters. The predicted molar refractivity (Wildman–Crippen MR) is 79.7 cm³/mol. The first-order chi connectivity index (χ1) is 8.75. The molecule has 1 nitrogen and oxygen atoms in total. The summed E-state index contributed by atoms with van der Waals surface area (Å²) in [5.74, 6) is 0. The predicted octanol–water partition coefficient (Wildman–Crippen LogP) is 5.04. The van der Waals surface area contributed by atoms with Crippen LogP contribution < -0.4 is 5.32 Å². The molecule has 0 aliphatic rings. The molecule has 3 heteroatoms. The van der Waals surface area contributed by atoms with Gasteiger partial charge in [0.1, 0.15) is 0 Å². The monoisotopic (exact) mass is 279 g/mol. The normalized spacial score (nSPS) is 10.3. The van der Waals surface area contributed by atoms with E-state index in [0.29, 0.717) is 10.0 Å². The fraction of sp³-hybridized carbons (Fsp3) is 0.200. The van der Waals surface area contributed by atoms with Gasteiger partial charge in [-0.25, -0.2) is 0 Å². The molecule has 0 radical (unpaired) electrons. The Morgan fingerprint density at radius 1 is 0.944 bits per heavy atom. The van der Waals surface area contributed by atoms with Crippen LogP contribution in [-0.2, 0) is 6.42 Å². The lowest BCUT2D eigenvalue weighted by Gasteiger charge is -2.08. The summed E-state index contributed by atoms with van der Waals surface area (Å²) in [4.78, 5) is 0. The quantitative estimate of drug-likeness (QED) is 0.757. The van der Waals surface area contributed by atoms with E-state index in [1.54, 1.807) is 6.07 Å². The van der Waals surface area contributed by atoms with E-state index in [9.17, 15) is 0 Å². The number of benzene rings is 2. The summed E-state index contributed by atoms with van der Waals surface area (Å²) in [5, 5.41) is 4.71. The number of aryl methyl sites for hydroxylation is 1. The summed E-state index contributed by atoms with van der Waals surface area (Å²) in [6, 6.07) is 15.9. The van der Waals surface area contributed by atoms with Gasteiger partial charge in [-0.1, -0.05) is 53.5 Å². The SMILES string of the molecule is Clc1ccc(Cl)c(NCCCc2ccccc2)c1. The van der Waals surface area contributed by atoms with Crippen molar-refractivity contribution < 1.29 is 0 Å². The third-order valence-electron chi connectivity index (χ3n) is 2.73. The van der Waals surface area contributed by atoms with Crippen LogP contribution in [0.25, 0.3) is 0 Å². The van der Waals surface area contributed by atoms with Crippen molar-refractivity contribution in [2.45, 2.75) is 12.8 Å². The molecule has 0 amide bonds. The van der Waals surface area contributed by atoms with E-state index in [4.69, 9.17) is 23.2 Å².